The first-order valence-electron chi connectivity index (χ1n) is 6.25. The molecule has 0 spiro atoms. The van der Waals surface area contributed by atoms with Crippen LogP contribution in [-0.4, -0.2) is 28.6 Å². The summed E-state index contributed by atoms with van der Waals surface area (Å²) in [6, 6.07) is 1.92. The number of nitrogens with zero attached hydrogens (tertiary/aromatic N) is 1. The molecule has 0 saturated carbocycles. The van der Waals surface area contributed by atoms with Crippen LogP contribution in [0.5, 0.6) is 0 Å². The Bertz CT molecular complexity index is 369. The van der Waals surface area contributed by atoms with E-state index in [0.717, 1.165) is 12.0 Å². The Balaban J connectivity index is 2.76. The highest BCUT2D eigenvalue weighted by Crippen LogP contribution is 2.15. The number of allylic oxidation sites excluding steroid dienone is 1. The predicted molar refractivity (Wildman–Crippen MR) is 75.5 cm³/mol. The number of aliphatic hydroxyl groups excluding tert-OH is 1. The topological polar surface area (TPSA) is 40.5 Å². The second-order valence-electron chi connectivity index (χ2n) is 4.17. The molecular formula is C14H21NO2S. The van der Waals surface area contributed by atoms with E-state index >= 15 is 0 Å². The van der Waals surface area contributed by atoms with Crippen LogP contribution in [0.4, 0.5) is 0 Å². The summed E-state index contributed by atoms with van der Waals surface area (Å²) >= 11 is 1.62. The highest BCUT2D eigenvalue weighted by Gasteiger charge is 2.21. The van der Waals surface area contributed by atoms with E-state index in [9.17, 15) is 9.90 Å². The summed E-state index contributed by atoms with van der Waals surface area (Å²) in [5, 5.41) is 13.4. The zero-order valence-corrected chi connectivity index (χ0v) is 11.8. The fourth-order valence-corrected chi connectivity index (χ4v) is 2.44. The third-order valence-electron chi connectivity index (χ3n) is 2.90. The molecule has 1 atom stereocenters. The van der Waals surface area contributed by atoms with Crippen molar-refractivity contribution in [3.05, 3.63) is 34.5 Å². The highest BCUT2D eigenvalue weighted by atomic mass is 32.1. The van der Waals surface area contributed by atoms with Crippen molar-refractivity contribution in [3.8, 4) is 0 Å². The Kier molecular flexibility index (Phi) is 6.68. The largest absolute Gasteiger partial charge is 0.394 e. The molecule has 0 bridgehead atoms. The van der Waals surface area contributed by atoms with E-state index in [4.69, 9.17) is 0 Å². The Hall–Kier alpha value is -1.13. The minimum absolute atomic E-state index is 0.0161. The zero-order chi connectivity index (χ0) is 13.4. The molecule has 100 valence electrons. The molecule has 4 heteroatoms. The van der Waals surface area contributed by atoms with E-state index in [1.54, 1.807) is 16.2 Å². The molecule has 0 fully saturated rings. The summed E-state index contributed by atoms with van der Waals surface area (Å²) in [4.78, 5) is 13.9. The van der Waals surface area contributed by atoms with Gasteiger partial charge in [0, 0.05) is 13.0 Å². The van der Waals surface area contributed by atoms with Gasteiger partial charge in [-0.05, 0) is 35.7 Å². The number of aliphatic hydroxyl groups is 1. The molecule has 3 nitrogen and oxygen atoms in total. The normalized spacial score (nSPS) is 12.8. The lowest BCUT2D eigenvalue weighted by Crippen LogP contribution is -2.41. The van der Waals surface area contributed by atoms with Crippen molar-refractivity contribution in [2.24, 2.45) is 0 Å². The van der Waals surface area contributed by atoms with Crippen LogP contribution in [0, 0.1) is 0 Å². The monoisotopic (exact) mass is 267 g/mol. The fraction of sp³-hybridized carbons (Fsp3) is 0.500. The van der Waals surface area contributed by atoms with Gasteiger partial charge in [-0.3, -0.25) is 4.79 Å². The van der Waals surface area contributed by atoms with Crippen LogP contribution in [0.3, 0.4) is 0 Å². The molecule has 0 saturated heterocycles. The Labute approximate surface area is 113 Å². The molecular weight excluding hydrogens is 246 g/mol. The number of hydrogen-bond donors (Lipinski definition) is 1. The summed E-state index contributed by atoms with van der Waals surface area (Å²) in [6.45, 7) is 4.49. The average Bonchev–Trinajstić information content (AvgIpc) is 2.89. The van der Waals surface area contributed by atoms with Gasteiger partial charge in [0.15, 0.2) is 0 Å². The van der Waals surface area contributed by atoms with Gasteiger partial charge < -0.3 is 10.0 Å². The second kappa shape index (κ2) is 8.06. The molecule has 0 unspecified atom stereocenters. The third kappa shape index (κ3) is 4.27. The Morgan fingerprint density at radius 2 is 2.39 bits per heavy atom. The molecule has 0 radical (unpaired) electrons. The maximum absolute atomic E-state index is 12.2. The van der Waals surface area contributed by atoms with E-state index < -0.39 is 0 Å². The molecule has 1 rings (SSSR count). The number of thiophene rings is 1. The van der Waals surface area contributed by atoms with E-state index in [1.807, 2.05) is 42.8 Å². The molecule has 1 amide bonds. The van der Waals surface area contributed by atoms with E-state index in [0.29, 0.717) is 13.0 Å². The first kappa shape index (κ1) is 14.9. The van der Waals surface area contributed by atoms with Gasteiger partial charge in [0.2, 0.25) is 5.91 Å². The van der Waals surface area contributed by atoms with Crippen molar-refractivity contribution < 1.29 is 9.90 Å². The van der Waals surface area contributed by atoms with E-state index in [1.165, 1.54) is 0 Å². The van der Waals surface area contributed by atoms with Crippen molar-refractivity contribution in [2.75, 3.05) is 6.61 Å². The lowest BCUT2D eigenvalue weighted by Gasteiger charge is -2.29. The van der Waals surface area contributed by atoms with Gasteiger partial charge >= 0.3 is 0 Å². The van der Waals surface area contributed by atoms with Gasteiger partial charge in [0.25, 0.3) is 0 Å². The minimum Gasteiger partial charge on any atom is -0.394 e. The van der Waals surface area contributed by atoms with Crippen molar-refractivity contribution in [2.45, 2.75) is 39.3 Å². The van der Waals surface area contributed by atoms with Crippen molar-refractivity contribution in [1.29, 1.82) is 0 Å². The van der Waals surface area contributed by atoms with Gasteiger partial charge in [0.05, 0.1) is 12.6 Å². The van der Waals surface area contributed by atoms with Crippen LogP contribution in [0.1, 0.15) is 32.3 Å². The van der Waals surface area contributed by atoms with E-state index in [2.05, 4.69) is 0 Å². The van der Waals surface area contributed by atoms with Gasteiger partial charge in [-0.2, -0.15) is 11.3 Å². The number of rotatable bonds is 7. The summed E-state index contributed by atoms with van der Waals surface area (Å²) in [5.74, 6) is 0.0696. The summed E-state index contributed by atoms with van der Waals surface area (Å²) in [5.41, 5.74) is 1.13. The second-order valence-corrected chi connectivity index (χ2v) is 4.95. The fourth-order valence-electron chi connectivity index (χ4n) is 1.78. The lowest BCUT2D eigenvalue weighted by atomic mass is 10.1. The lowest BCUT2D eigenvalue weighted by molar-refractivity contribution is -0.134. The van der Waals surface area contributed by atoms with Crippen LogP contribution in [-0.2, 0) is 11.3 Å². The highest BCUT2D eigenvalue weighted by molar-refractivity contribution is 7.07. The number of carbonyl (C=O) groups excluding carboxylic acids is 1. The first-order valence-corrected chi connectivity index (χ1v) is 7.19. The van der Waals surface area contributed by atoms with Crippen molar-refractivity contribution in [1.82, 2.24) is 4.90 Å². The van der Waals surface area contributed by atoms with E-state index in [-0.39, 0.29) is 18.6 Å². The molecule has 18 heavy (non-hydrogen) atoms. The van der Waals surface area contributed by atoms with Crippen molar-refractivity contribution in [3.63, 3.8) is 0 Å². The maximum atomic E-state index is 12.2. The summed E-state index contributed by atoms with van der Waals surface area (Å²) < 4.78 is 0. The van der Waals surface area contributed by atoms with Crippen LogP contribution >= 0.6 is 11.3 Å². The SMILES string of the molecule is C/C=C/CC(=O)N(Cc1ccsc1)[C@@H](CC)CO. The standard InChI is InChI=1S/C14H21NO2S/c1-3-5-6-14(17)15(13(4-2)10-16)9-12-7-8-18-11-12/h3,5,7-8,11,13,16H,4,6,9-10H2,1-2H3/b5-3+/t13-/m0/s1. The van der Waals surface area contributed by atoms with Crippen LogP contribution in [0.15, 0.2) is 29.0 Å². The molecule has 0 aliphatic carbocycles. The average molecular weight is 267 g/mol. The third-order valence-corrected chi connectivity index (χ3v) is 3.64. The van der Waals surface area contributed by atoms with Crippen LogP contribution in [0.2, 0.25) is 0 Å². The van der Waals surface area contributed by atoms with Gasteiger partial charge in [0.1, 0.15) is 0 Å². The number of carbonyl (C=O) groups is 1. The number of amides is 1. The zero-order valence-electron chi connectivity index (χ0n) is 11.0. The predicted octanol–water partition coefficient (Wildman–Crippen LogP) is 2.81. The van der Waals surface area contributed by atoms with Gasteiger partial charge in [-0.25, -0.2) is 0 Å². The van der Waals surface area contributed by atoms with Crippen molar-refractivity contribution >= 4 is 17.2 Å². The number of hydrogen-bond acceptors (Lipinski definition) is 3. The molecule has 1 heterocycles. The molecule has 0 aliphatic heterocycles. The van der Waals surface area contributed by atoms with Gasteiger partial charge in [-0.15, -0.1) is 0 Å². The smallest absolute Gasteiger partial charge is 0.226 e. The summed E-state index contributed by atoms with van der Waals surface area (Å²) in [7, 11) is 0. The quantitative estimate of drug-likeness (QED) is 0.772. The first-order chi connectivity index (χ1) is 8.72. The van der Waals surface area contributed by atoms with Gasteiger partial charge in [-0.1, -0.05) is 19.1 Å². The van der Waals surface area contributed by atoms with Crippen LogP contribution < -0.4 is 0 Å². The molecule has 1 aromatic heterocycles. The summed E-state index contributed by atoms with van der Waals surface area (Å²) in [6.07, 6.45) is 4.90. The molecule has 0 aromatic carbocycles. The Morgan fingerprint density at radius 3 is 2.89 bits per heavy atom. The maximum Gasteiger partial charge on any atom is 0.226 e. The molecule has 0 aliphatic rings. The van der Waals surface area contributed by atoms with Crippen LogP contribution in [0.25, 0.3) is 0 Å². The molecule has 1 N–H and O–H groups in total. The molecule has 1 aromatic rings. The Morgan fingerprint density at radius 1 is 1.61 bits per heavy atom. The minimum atomic E-state index is -0.0948.